The van der Waals surface area contributed by atoms with Gasteiger partial charge in [-0.15, -0.1) is 0 Å². The van der Waals surface area contributed by atoms with Gasteiger partial charge in [-0.3, -0.25) is 14.4 Å². The number of hydrogen-bond donors (Lipinski definition) is 2. The summed E-state index contributed by atoms with van der Waals surface area (Å²) in [4.78, 5) is 37.4. The van der Waals surface area contributed by atoms with Crippen molar-refractivity contribution < 1.29 is 19.0 Å². The highest BCUT2D eigenvalue weighted by atomic mass is 16.6. The van der Waals surface area contributed by atoms with Gasteiger partial charge in [-0.05, 0) is 36.8 Å². The average Bonchev–Trinajstić information content (AvgIpc) is 3.17. The van der Waals surface area contributed by atoms with Gasteiger partial charge in [-0.25, -0.2) is 4.63 Å². The molecule has 2 fully saturated rings. The molecule has 0 aromatic carbocycles. The normalized spacial score (nSPS) is 25.8. The summed E-state index contributed by atoms with van der Waals surface area (Å²) in [5, 5.41) is 12.5. The van der Waals surface area contributed by atoms with Crippen LogP contribution < -0.4 is 10.6 Å². The second kappa shape index (κ2) is 6.58. The van der Waals surface area contributed by atoms with Crippen molar-refractivity contribution in [3.8, 4) is 0 Å². The standard InChI is InChI=1S/C15H21N5O4/c1-8-14(19-24-18-8)15(23)17-7-13(22)20(2)11-3-9-5-12(21)16-6-10(9)4-11/h9-11H,3-7H2,1-2H3,(H,16,21)(H,17,23)/t9-,10+,11-/m1/s1. The molecule has 2 heterocycles. The van der Waals surface area contributed by atoms with Crippen LogP contribution in [-0.4, -0.2) is 59.1 Å². The molecule has 3 amide bonds. The Balaban J connectivity index is 1.51. The number of aromatic nitrogens is 2. The number of nitrogens with one attached hydrogen (secondary N) is 2. The zero-order valence-electron chi connectivity index (χ0n) is 13.7. The van der Waals surface area contributed by atoms with Crippen molar-refractivity contribution in [3.63, 3.8) is 0 Å². The molecular weight excluding hydrogens is 314 g/mol. The van der Waals surface area contributed by atoms with Gasteiger partial charge in [0, 0.05) is 26.1 Å². The van der Waals surface area contributed by atoms with Crippen LogP contribution in [0, 0.1) is 18.8 Å². The summed E-state index contributed by atoms with van der Waals surface area (Å²) in [6.07, 6.45) is 2.26. The third-order valence-corrected chi connectivity index (χ3v) is 5.03. The molecule has 1 aliphatic carbocycles. The molecule has 1 aromatic heterocycles. The lowest BCUT2D eigenvalue weighted by Gasteiger charge is -2.25. The molecule has 3 rings (SSSR count). The monoisotopic (exact) mass is 335 g/mol. The molecule has 0 spiro atoms. The van der Waals surface area contributed by atoms with E-state index in [-0.39, 0.29) is 30.1 Å². The van der Waals surface area contributed by atoms with Crippen LogP contribution in [0.4, 0.5) is 0 Å². The Morgan fingerprint density at radius 3 is 2.79 bits per heavy atom. The van der Waals surface area contributed by atoms with Gasteiger partial charge in [0.1, 0.15) is 5.69 Å². The fourth-order valence-corrected chi connectivity index (χ4v) is 3.56. The minimum Gasteiger partial charge on any atom is -0.356 e. The Labute approximate surface area is 139 Å². The van der Waals surface area contributed by atoms with E-state index in [1.807, 2.05) is 0 Å². The summed E-state index contributed by atoms with van der Waals surface area (Å²) in [7, 11) is 1.74. The Morgan fingerprint density at radius 2 is 2.08 bits per heavy atom. The minimum atomic E-state index is -0.481. The van der Waals surface area contributed by atoms with Gasteiger partial charge < -0.3 is 15.5 Å². The van der Waals surface area contributed by atoms with E-state index in [1.165, 1.54) is 0 Å². The molecule has 0 radical (unpaired) electrons. The number of carbonyl (C=O) groups excluding carboxylic acids is 3. The van der Waals surface area contributed by atoms with Crippen molar-refractivity contribution in [1.29, 1.82) is 0 Å². The molecular formula is C15H21N5O4. The molecule has 0 bridgehead atoms. The van der Waals surface area contributed by atoms with Crippen LogP contribution in [0.5, 0.6) is 0 Å². The molecule has 2 N–H and O–H groups in total. The van der Waals surface area contributed by atoms with E-state index in [0.29, 0.717) is 30.5 Å². The van der Waals surface area contributed by atoms with E-state index in [1.54, 1.807) is 18.9 Å². The SMILES string of the molecule is Cc1nonc1C(=O)NCC(=O)N(C)[C@H]1C[C@H]2CNC(=O)C[C@H]2C1. The van der Waals surface area contributed by atoms with Gasteiger partial charge in [0.15, 0.2) is 5.69 Å². The van der Waals surface area contributed by atoms with Crippen molar-refractivity contribution >= 4 is 17.7 Å². The fraction of sp³-hybridized carbons (Fsp3) is 0.667. The number of likely N-dealkylation sites (N-methyl/N-ethyl adjacent to an activating group) is 1. The van der Waals surface area contributed by atoms with E-state index in [4.69, 9.17) is 0 Å². The van der Waals surface area contributed by atoms with E-state index in [9.17, 15) is 14.4 Å². The molecule has 1 aromatic rings. The van der Waals surface area contributed by atoms with Crippen molar-refractivity contribution in [2.24, 2.45) is 11.8 Å². The largest absolute Gasteiger partial charge is 0.356 e. The summed E-state index contributed by atoms with van der Waals surface area (Å²) in [5.41, 5.74) is 0.465. The first-order chi connectivity index (χ1) is 11.5. The van der Waals surface area contributed by atoms with Crippen LogP contribution in [0.15, 0.2) is 4.63 Å². The smallest absolute Gasteiger partial charge is 0.275 e. The summed E-state index contributed by atoms with van der Waals surface area (Å²) >= 11 is 0. The summed E-state index contributed by atoms with van der Waals surface area (Å²) in [5.74, 6) is 0.222. The predicted octanol–water partition coefficient (Wildman–Crippen LogP) is -0.519. The van der Waals surface area contributed by atoms with Crippen LogP contribution in [0.3, 0.4) is 0 Å². The van der Waals surface area contributed by atoms with Crippen LogP contribution in [0.25, 0.3) is 0 Å². The number of aryl methyl sites for hydroxylation is 1. The number of nitrogens with zero attached hydrogens (tertiary/aromatic N) is 3. The number of hydrogen-bond acceptors (Lipinski definition) is 6. The van der Waals surface area contributed by atoms with E-state index in [0.717, 1.165) is 12.8 Å². The Kier molecular flexibility index (Phi) is 4.50. The molecule has 9 nitrogen and oxygen atoms in total. The summed E-state index contributed by atoms with van der Waals surface area (Å²) in [6.45, 7) is 2.19. The quantitative estimate of drug-likeness (QED) is 0.764. The van der Waals surface area contributed by atoms with Gasteiger partial charge in [0.2, 0.25) is 11.8 Å². The maximum atomic E-state index is 12.3. The number of fused-ring (bicyclic) bond motifs is 1. The second-order valence-corrected chi connectivity index (χ2v) is 6.54. The van der Waals surface area contributed by atoms with Gasteiger partial charge in [0.25, 0.3) is 5.91 Å². The second-order valence-electron chi connectivity index (χ2n) is 6.54. The minimum absolute atomic E-state index is 0.0851. The predicted molar refractivity (Wildman–Crippen MR) is 81.8 cm³/mol. The topological polar surface area (TPSA) is 117 Å². The lowest BCUT2D eigenvalue weighted by Crippen LogP contribution is -2.42. The number of rotatable bonds is 4. The molecule has 3 atom stereocenters. The molecule has 1 saturated carbocycles. The first-order valence-electron chi connectivity index (χ1n) is 8.05. The molecule has 9 heteroatoms. The van der Waals surface area contributed by atoms with Gasteiger partial charge >= 0.3 is 0 Å². The van der Waals surface area contributed by atoms with E-state index in [2.05, 4.69) is 25.6 Å². The Morgan fingerprint density at radius 1 is 1.33 bits per heavy atom. The van der Waals surface area contributed by atoms with Gasteiger partial charge in [0.05, 0.1) is 6.54 Å². The van der Waals surface area contributed by atoms with Gasteiger partial charge in [-0.2, -0.15) is 0 Å². The number of piperidine rings is 1. The Bertz CT molecular complexity index is 658. The molecule has 1 aliphatic heterocycles. The third-order valence-electron chi connectivity index (χ3n) is 5.03. The summed E-state index contributed by atoms with van der Waals surface area (Å²) < 4.78 is 4.48. The molecule has 24 heavy (non-hydrogen) atoms. The number of carbonyl (C=O) groups is 3. The van der Waals surface area contributed by atoms with Crippen LogP contribution in [0.1, 0.15) is 35.4 Å². The lowest BCUT2D eigenvalue weighted by atomic mass is 9.89. The third kappa shape index (κ3) is 3.24. The average molecular weight is 335 g/mol. The highest BCUT2D eigenvalue weighted by Crippen LogP contribution is 2.38. The van der Waals surface area contributed by atoms with Gasteiger partial charge in [-0.1, -0.05) is 5.16 Å². The molecule has 1 saturated heterocycles. The highest BCUT2D eigenvalue weighted by Gasteiger charge is 2.40. The van der Waals surface area contributed by atoms with Crippen molar-refractivity contribution in [1.82, 2.24) is 25.8 Å². The fourth-order valence-electron chi connectivity index (χ4n) is 3.56. The zero-order chi connectivity index (χ0) is 17.3. The van der Waals surface area contributed by atoms with E-state index < -0.39 is 5.91 Å². The number of amides is 3. The maximum Gasteiger partial charge on any atom is 0.275 e. The lowest BCUT2D eigenvalue weighted by molar-refractivity contribution is -0.130. The van der Waals surface area contributed by atoms with Crippen LogP contribution >= 0.6 is 0 Å². The van der Waals surface area contributed by atoms with Crippen molar-refractivity contribution in [2.45, 2.75) is 32.2 Å². The maximum absolute atomic E-state index is 12.3. The first kappa shape index (κ1) is 16.4. The Hall–Kier alpha value is -2.45. The molecule has 130 valence electrons. The molecule has 0 unspecified atom stereocenters. The highest BCUT2D eigenvalue weighted by molar-refractivity contribution is 5.95. The first-order valence-corrected chi connectivity index (χ1v) is 8.05. The van der Waals surface area contributed by atoms with Crippen LogP contribution in [0.2, 0.25) is 0 Å². The summed E-state index contributed by atoms with van der Waals surface area (Å²) in [6, 6.07) is 0.104. The van der Waals surface area contributed by atoms with Crippen molar-refractivity contribution in [3.05, 3.63) is 11.4 Å². The molecule has 2 aliphatic rings. The van der Waals surface area contributed by atoms with Crippen LogP contribution in [-0.2, 0) is 9.59 Å². The van der Waals surface area contributed by atoms with E-state index >= 15 is 0 Å². The van der Waals surface area contributed by atoms with Crippen molar-refractivity contribution in [2.75, 3.05) is 20.1 Å². The zero-order valence-corrected chi connectivity index (χ0v) is 13.7.